The lowest BCUT2D eigenvalue weighted by molar-refractivity contribution is 0.395. The molecule has 0 bridgehead atoms. The van der Waals surface area contributed by atoms with Crippen molar-refractivity contribution in [2.45, 2.75) is 0 Å². The Morgan fingerprint density at radius 1 is 1.54 bits per heavy atom. The number of hydrogen-bond acceptors (Lipinski definition) is 4. The van der Waals surface area contributed by atoms with E-state index in [1.165, 1.54) is 17.7 Å². The molecule has 0 spiro atoms. The van der Waals surface area contributed by atoms with Crippen molar-refractivity contribution in [3.63, 3.8) is 0 Å². The summed E-state index contributed by atoms with van der Waals surface area (Å²) in [7, 11) is 1.53. The lowest BCUT2D eigenvalue weighted by Gasteiger charge is -1.96. The van der Waals surface area contributed by atoms with Gasteiger partial charge in [-0.25, -0.2) is 4.98 Å². The lowest BCUT2D eigenvalue weighted by Crippen LogP contribution is -1.96. The SMILES string of the molecule is COc1cc2nc(N)cc(Cl)n2n1. The van der Waals surface area contributed by atoms with E-state index in [9.17, 15) is 0 Å². The molecule has 0 aliphatic heterocycles. The molecule has 0 aliphatic rings. The number of aromatic nitrogens is 3. The van der Waals surface area contributed by atoms with Crippen molar-refractivity contribution in [1.82, 2.24) is 14.6 Å². The molecule has 13 heavy (non-hydrogen) atoms. The Morgan fingerprint density at radius 3 is 3.00 bits per heavy atom. The molecule has 5 nitrogen and oxygen atoms in total. The van der Waals surface area contributed by atoms with Crippen molar-refractivity contribution < 1.29 is 4.74 Å². The van der Waals surface area contributed by atoms with Crippen LogP contribution in [0, 0.1) is 0 Å². The maximum atomic E-state index is 5.86. The number of halogens is 1. The summed E-state index contributed by atoms with van der Waals surface area (Å²) in [5, 5.41) is 4.42. The standard InChI is InChI=1S/C7H7ClN4O/c1-13-7-3-6-10-5(9)2-4(8)12(6)11-7/h2-3H,1H3,(H2,9,10). The lowest BCUT2D eigenvalue weighted by atomic mass is 10.5. The van der Waals surface area contributed by atoms with Gasteiger partial charge in [-0.2, -0.15) is 4.52 Å². The number of anilines is 1. The molecule has 6 heteroatoms. The third-order valence-electron chi connectivity index (χ3n) is 1.59. The van der Waals surface area contributed by atoms with Gasteiger partial charge in [-0.3, -0.25) is 0 Å². The van der Waals surface area contributed by atoms with Crippen LogP contribution in [0.2, 0.25) is 5.15 Å². The van der Waals surface area contributed by atoms with E-state index in [1.807, 2.05) is 0 Å². The number of fused-ring (bicyclic) bond motifs is 1. The number of nitrogens with zero attached hydrogens (tertiary/aromatic N) is 3. The highest BCUT2D eigenvalue weighted by atomic mass is 35.5. The van der Waals surface area contributed by atoms with Crippen LogP contribution < -0.4 is 10.5 Å². The average Bonchev–Trinajstić information content (AvgIpc) is 2.47. The van der Waals surface area contributed by atoms with Gasteiger partial charge in [0, 0.05) is 12.1 Å². The second kappa shape index (κ2) is 2.77. The van der Waals surface area contributed by atoms with E-state index in [4.69, 9.17) is 22.1 Å². The minimum atomic E-state index is 0.361. The highest BCUT2D eigenvalue weighted by molar-refractivity contribution is 6.29. The van der Waals surface area contributed by atoms with E-state index in [0.717, 1.165) is 0 Å². The van der Waals surface area contributed by atoms with Crippen molar-refractivity contribution >= 4 is 23.1 Å². The molecule has 0 atom stereocenters. The quantitative estimate of drug-likeness (QED) is 0.694. The van der Waals surface area contributed by atoms with Crippen LogP contribution in [0.5, 0.6) is 5.88 Å². The zero-order valence-corrected chi connectivity index (χ0v) is 7.62. The van der Waals surface area contributed by atoms with Crippen LogP contribution in [0.1, 0.15) is 0 Å². The smallest absolute Gasteiger partial charge is 0.235 e. The molecule has 2 aromatic heterocycles. The fourth-order valence-electron chi connectivity index (χ4n) is 1.03. The van der Waals surface area contributed by atoms with E-state index >= 15 is 0 Å². The first-order valence-electron chi connectivity index (χ1n) is 3.56. The second-order valence-electron chi connectivity index (χ2n) is 2.46. The highest BCUT2D eigenvalue weighted by Crippen LogP contribution is 2.17. The van der Waals surface area contributed by atoms with Crippen molar-refractivity contribution in [3.05, 3.63) is 17.3 Å². The molecule has 2 N–H and O–H groups in total. The van der Waals surface area contributed by atoms with Gasteiger partial charge in [0.15, 0.2) is 5.65 Å². The molecule has 0 unspecified atom stereocenters. The maximum Gasteiger partial charge on any atom is 0.235 e. The summed E-state index contributed by atoms with van der Waals surface area (Å²) in [6, 6.07) is 3.18. The third-order valence-corrected chi connectivity index (χ3v) is 1.86. The summed E-state index contributed by atoms with van der Waals surface area (Å²) in [5.74, 6) is 0.819. The number of nitrogen functional groups attached to an aromatic ring is 1. The van der Waals surface area contributed by atoms with Crippen LogP contribution in [0.4, 0.5) is 5.82 Å². The van der Waals surface area contributed by atoms with Gasteiger partial charge in [-0.05, 0) is 0 Å². The van der Waals surface area contributed by atoms with Crippen LogP contribution in [-0.2, 0) is 0 Å². The Morgan fingerprint density at radius 2 is 2.31 bits per heavy atom. The Balaban J connectivity index is 2.75. The van der Waals surface area contributed by atoms with Gasteiger partial charge in [-0.1, -0.05) is 11.6 Å². The number of nitrogens with two attached hydrogens (primary N) is 1. The molecule has 2 rings (SSSR count). The molecule has 0 radical (unpaired) electrons. The van der Waals surface area contributed by atoms with E-state index < -0.39 is 0 Å². The summed E-state index contributed by atoms with van der Waals surface area (Å²) in [4.78, 5) is 4.02. The Bertz CT molecular complexity index is 453. The van der Waals surface area contributed by atoms with Gasteiger partial charge in [0.05, 0.1) is 7.11 Å². The molecule has 68 valence electrons. The van der Waals surface area contributed by atoms with E-state index in [0.29, 0.717) is 22.5 Å². The van der Waals surface area contributed by atoms with Gasteiger partial charge in [0.25, 0.3) is 0 Å². The first kappa shape index (κ1) is 8.12. The zero-order valence-electron chi connectivity index (χ0n) is 6.86. The summed E-state index contributed by atoms with van der Waals surface area (Å²) >= 11 is 5.86. The van der Waals surface area contributed by atoms with E-state index in [1.54, 1.807) is 6.07 Å². The maximum absolute atomic E-state index is 5.86. The fraction of sp³-hybridized carbons (Fsp3) is 0.143. The van der Waals surface area contributed by atoms with Crippen molar-refractivity contribution in [2.24, 2.45) is 0 Å². The van der Waals surface area contributed by atoms with Gasteiger partial charge in [0.1, 0.15) is 11.0 Å². The molecule has 0 saturated carbocycles. The number of rotatable bonds is 1. The molecule has 0 amide bonds. The molecule has 0 fully saturated rings. The second-order valence-corrected chi connectivity index (χ2v) is 2.85. The van der Waals surface area contributed by atoms with Crippen LogP contribution in [0.3, 0.4) is 0 Å². The molecule has 0 aliphatic carbocycles. The van der Waals surface area contributed by atoms with E-state index in [2.05, 4.69) is 10.1 Å². The number of ether oxygens (including phenoxy) is 1. The van der Waals surface area contributed by atoms with Gasteiger partial charge in [-0.15, -0.1) is 5.10 Å². The fourth-order valence-corrected chi connectivity index (χ4v) is 1.27. The molecule has 0 aromatic carbocycles. The predicted octanol–water partition coefficient (Wildman–Crippen LogP) is 0.974. The van der Waals surface area contributed by atoms with Gasteiger partial charge in [0.2, 0.25) is 5.88 Å². The Labute approximate surface area is 79.1 Å². The van der Waals surface area contributed by atoms with Crippen LogP contribution in [0.15, 0.2) is 12.1 Å². The summed E-state index contributed by atoms with van der Waals surface area (Å²) < 4.78 is 6.38. The van der Waals surface area contributed by atoms with E-state index in [-0.39, 0.29) is 0 Å². The van der Waals surface area contributed by atoms with Gasteiger partial charge < -0.3 is 10.5 Å². The van der Waals surface area contributed by atoms with Crippen LogP contribution in [0.25, 0.3) is 5.65 Å². The molecular formula is C7H7ClN4O. The molecule has 2 aromatic rings. The van der Waals surface area contributed by atoms with Crippen LogP contribution in [-0.4, -0.2) is 21.7 Å². The van der Waals surface area contributed by atoms with Crippen molar-refractivity contribution in [1.29, 1.82) is 0 Å². The molecular weight excluding hydrogens is 192 g/mol. The zero-order chi connectivity index (χ0) is 9.42. The van der Waals surface area contributed by atoms with Crippen molar-refractivity contribution in [2.75, 3.05) is 12.8 Å². The largest absolute Gasteiger partial charge is 0.480 e. The van der Waals surface area contributed by atoms with Gasteiger partial charge >= 0.3 is 0 Å². The molecule has 2 heterocycles. The Hall–Kier alpha value is -1.49. The molecule has 0 saturated heterocycles. The Kier molecular flexibility index (Phi) is 1.73. The first-order valence-corrected chi connectivity index (χ1v) is 3.94. The minimum Gasteiger partial charge on any atom is -0.480 e. The topological polar surface area (TPSA) is 65.4 Å². The monoisotopic (exact) mass is 198 g/mol. The minimum absolute atomic E-state index is 0.361. The first-order chi connectivity index (χ1) is 6.20. The summed E-state index contributed by atoms with van der Waals surface area (Å²) in [5.41, 5.74) is 6.07. The third kappa shape index (κ3) is 1.27. The predicted molar refractivity (Wildman–Crippen MR) is 49.0 cm³/mol. The number of methoxy groups -OCH3 is 1. The summed E-state index contributed by atoms with van der Waals surface area (Å²) in [6.45, 7) is 0. The highest BCUT2D eigenvalue weighted by Gasteiger charge is 2.06. The summed E-state index contributed by atoms with van der Waals surface area (Å²) in [6.07, 6.45) is 0. The van der Waals surface area contributed by atoms with Crippen LogP contribution >= 0.6 is 11.6 Å². The number of hydrogen-bond donors (Lipinski definition) is 1. The normalized spacial score (nSPS) is 10.6. The average molecular weight is 199 g/mol. The van der Waals surface area contributed by atoms with Crippen molar-refractivity contribution in [3.8, 4) is 5.88 Å².